The van der Waals surface area contributed by atoms with Crippen molar-refractivity contribution >= 4 is 6.08 Å². The van der Waals surface area contributed by atoms with Crippen molar-refractivity contribution in [3.05, 3.63) is 41.0 Å². The molecule has 0 bridgehead atoms. The van der Waals surface area contributed by atoms with E-state index in [1.807, 2.05) is 0 Å². The van der Waals surface area contributed by atoms with Crippen molar-refractivity contribution in [1.82, 2.24) is 0 Å². The second-order valence-corrected chi connectivity index (χ2v) is 4.77. The van der Waals surface area contributed by atoms with Crippen LogP contribution in [0.5, 0.6) is 0 Å². The molecule has 0 heterocycles. The lowest BCUT2D eigenvalue weighted by atomic mass is 9.82. The summed E-state index contributed by atoms with van der Waals surface area (Å²) in [5.74, 6) is 0. The molecule has 0 fully saturated rings. The Labute approximate surface area is 89.1 Å². The Kier molecular flexibility index (Phi) is 3.15. The van der Waals surface area contributed by atoms with Crippen LogP contribution in [-0.4, -0.2) is 0 Å². The molecule has 0 aliphatic rings. The third-order valence-electron chi connectivity index (χ3n) is 2.53. The van der Waals surface area contributed by atoms with Gasteiger partial charge in [-0.05, 0) is 36.0 Å². The molecular weight excluding hydrogens is 168 g/mol. The highest BCUT2D eigenvalue weighted by atomic mass is 14.2. The first kappa shape index (κ1) is 11.0. The lowest BCUT2D eigenvalue weighted by Gasteiger charge is -2.22. The van der Waals surface area contributed by atoms with Gasteiger partial charge in [-0.15, -0.1) is 0 Å². The Morgan fingerprint density at radius 1 is 1.21 bits per heavy atom. The summed E-state index contributed by atoms with van der Waals surface area (Å²) in [5.41, 5.74) is 4.41. The number of allylic oxidation sites excluding steroid dienone is 1. The van der Waals surface area contributed by atoms with Gasteiger partial charge in [0.25, 0.3) is 0 Å². The summed E-state index contributed by atoms with van der Waals surface area (Å²) in [6.07, 6.45) is 4.26. The van der Waals surface area contributed by atoms with Gasteiger partial charge in [0.1, 0.15) is 0 Å². The second kappa shape index (κ2) is 4.00. The van der Waals surface area contributed by atoms with E-state index in [0.29, 0.717) is 0 Å². The molecule has 0 aliphatic heterocycles. The van der Waals surface area contributed by atoms with Crippen molar-refractivity contribution in [2.75, 3.05) is 0 Å². The summed E-state index contributed by atoms with van der Waals surface area (Å²) >= 11 is 0. The zero-order valence-electron chi connectivity index (χ0n) is 9.89. The van der Waals surface area contributed by atoms with Crippen molar-refractivity contribution in [3.8, 4) is 0 Å². The molecular formula is C14H22. The molecule has 0 radical (unpaired) electrons. The zero-order chi connectivity index (χ0) is 10.8. The summed E-state index contributed by atoms with van der Waals surface area (Å²) < 4.78 is 0. The molecule has 0 aliphatic carbocycles. The monoisotopic (exact) mass is 190 g/mol. The molecule has 0 saturated heterocycles. The van der Waals surface area contributed by atoms with Gasteiger partial charge in [0.15, 0.2) is 0 Å². The van der Waals surface area contributed by atoms with Crippen LogP contribution < -0.4 is 0 Å². The molecule has 0 N–H and O–H groups in total. The molecule has 78 valence electrons. The molecule has 0 unspecified atom stereocenters. The molecule has 0 spiro atoms. The Morgan fingerprint density at radius 3 is 2.36 bits per heavy atom. The topological polar surface area (TPSA) is 0 Å². The molecule has 14 heavy (non-hydrogen) atoms. The van der Waals surface area contributed by atoms with Crippen LogP contribution in [0.25, 0.3) is 6.08 Å². The van der Waals surface area contributed by atoms with E-state index in [1.54, 1.807) is 0 Å². The van der Waals surface area contributed by atoms with Crippen molar-refractivity contribution in [2.45, 2.75) is 40.0 Å². The fourth-order valence-electron chi connectivity index (χ4n) is 1.83. The van der Waals surface area contributed by atoms with Crippen molar-refractivity contribution in [2.24, 2.45) is 0 Å². The maximum Gasteiger partial charge on any atom is 0 e. The fourth-order valence-corrected chi connectivity index (χ4v) is 1.83. The molecule has 0 heteroatoms. The van der Waals surface area contributed by atoms with E-state index in [-0.39, 0.29) is 6.84 Å². The Morgan fingerprint density at radius 2 is 1.86 bits per heavy atom. The summed E-state index contributed by atoms with van der Waals surface area (Å²) in [6.45, 7) is 11.0. The van der Waals surface area contributed by atoms with Crippen molar-refractivity contribution < 1.29 is 1.43 Å². The molecule has 0 saturated carbocycles. The fraction of sp³-hybridized carbons (Fsp3) is 0.429. The van der Waals surface area contributed by atoms with Crippen molar-refractivity contribution in [3.63, 3.8) is 0 Å². The molecule has 0 aromatic heterocycles. The Bertz CT molecular complexity index is 343. The maximum atomic E-state index is 2.26. The summed E-state index contributed by atoms with van der Waals surface area (Å²) in [5, 5.41) is 0. The lowest BCUT2D eigenvalue weighted by molar-refractivity contribution is 0.586. The first-order chi connectivity index (χ1) is 6.46. The summed E-state index contributed by atoms with van der Waals surface area (Å²) in [7, 11) is 0. The van der Waals surface area contributed by atoms with Crippen molar-refractivity contribution in [1.29, 1.82) is 0 Å². The zero-order valence-corrected chi connectivity index (χ0v) is 9.89. The van der Waals surface area contributed by atoms with Crippen LogP contribution in [0.3, 0.4) is 0 Å². The quantitative estimate of drug-likeness (QED) is 0.608. The van der Waals surface area contributed by atoms with E-state index >= 15 is 0 Å². The van der Waals surface area contributed by atoms with E-state index < -0.39 is 0 Å². The minimum absolute atomic E-state index is 0. The van der Waals surface area contributed by atoms with E-state index in [2.05, 4.69) is 65.0 Å². The van der Waals surface area contributed by atoms with E-state index in [4.69, 9.17) is 0 Å². The average Bonchev–Trinajstić information content (AvgIpc) is 2.07. The second-order valence-electron chi connectivity index (χ2n) is 4.77. The smallest absolute Gasteiger partial charge is 0 e. The summed E-state index contributed by atoms with van der Waals surface area (Å²) in [6, 6.07) is 6.54. The average molecular weight is 190 g/mol. The number of hydrogen-bond donors (Lipinski definition) is 0. The van der Waals surface area contributed by atoms with Crippen LogP contribution >= 0.6 is 0 Å². The van der Waals surface area contributed by atoms with Gasteiger partial charge in [-0.2, -0.15) is 0 Å². The number of benzene rings is 1. The Hall–Kier alpha value is -1.04. The Balaban J connectivity index is 0.00000196. The minimum Gasteiger partial charge on any atom is -0.0871 e. The van der Waals surface area contributed by atoms with Gasteiger partial charge in [-0.3, -0.25) is 0 Å². The van der Waals surface area contributed by atoms with Crippen LogP contribution in [0.15, 0.2) is 24.3 Å². The van der Waals surface area contributed by atoms with Gasteiger partial charge in [0.2, 0.25) is 0 Å². The molecule has 1 aromatic rings. The maximum absolute atomic E-state index is 2.26. The normalized spacial score (nSPS) is 12.4. The standard InChI is InChI=1S/C14H20.H2/c1-6-8-12-9-7-10-13(11(12)2)14(3,4)5;/h6-10H,1-5H3;1H/b8-6+;. The molecule has 1 aromatic carbocycles. The molecule has 0 amide bonds. The SMILES string of the molecule is C/C=C/c1cccc(C(C)(C)C)c1C.[HH]. The van der Waals surface area contributed by atoms with Crippen LogP contribution in [0, 0.1) is 6.92 Å². The lowest BCUT2D eigenvalue weighted by Crippen LogP contribution is -2.13. The van der Waals surface area contributed by atoms with Crippen LogP contribution in [0.1, 0.15) is 45.8 Å². The first-order valence-corrected chi connectivity index (χ1v) is 5.19. The highest BCUT2D eigenvalue weighted by molar-refractivity contribution is 5.56. The highest BCUT2D eigenvalue weighted by Crippen LogP contribution is 2.27. The molecule has 0 nitrogen and oxygen atoms in total. The minimum atomic E-state index is 0. The summed E-state index contributed by atoms with van der Waals surface area (Å²) in [4.78, 5) is 0. The predicted molar refractivity (Wildman–Crippen MR) is 66.7 cm³/mol. The number of hydrogen-bond acceptors (Lipinski definition) is 0. The van der Waals surface area contributed by atoms with E-state index in [1.165, 1.54) is 16.7 Å². The third-order valence-corrected chi connectivity index (χ3v) is 2.53. The van der Waals surface area contributed by atoms with Gasteiger partial charge in [-0.25, -0.2) is 0 Å². The van der Waals surface area contributed by atoms with E-state index in [0.717, 1.165) is 0 Å². The molecule has 0 atom stereocenters. The largest absolute Gasteiger partial charge is 0.0871 e. The predicted octanol–water partition coefficient (Wildman–Crippen LogP) is 4.57. The molecule has 1 rings (SSSR count). The highest BCUT2D eigenvalue weighted by Gasteiger charge is 2.16. The van der Waals surface area contributed by atoms with Gasteiger partial charge in [0, 0.05) is 1.43 Å². The van der Waals surface area contributed by atoms with E-state index in [9.17, 15) is 0 Å². The van der Waals surface area contributed by atoms with Crippen LogP contribution in [0.2, 0.25) is 0 Å². The van der Waals surface area contributed by atoms with Crippen LogP contribution in [0.4, 0.5) is 0 Å². The van der Waals surface area contributed by atoms with Gasteiger partial charge in [0.05, 0.1) is 0 Å². The van der Waals surface area contributed by atoms with Crippen LogP contribution in [-0.2, 0) is 5.41 Å². The van der Waals surface area contributed by atoms with Gasteiger partial charge >= 0.3 is 0 Å². The number of rotatable bonds is 1. The van der Waals surface area contributed by atoms with Gasteiger partial charge in [-0.1, -0.05) is 51.1 Å². The van der Waals surface area contributed by atoms with Gasteiger partial charge < -0.3 is 0 Å². The third kappa shape index (κ3) is 2.25. The first-order valence-electron chi connectivity index (χ1n) is 5.19.